The van der Waals surface area contributed by atoms with Crippen molar-refractivity contribution in [2.45, 2.75) is 25.2 Å². The van der Waals surface area contributed by atoms with E-state index < -0.39 is 0 Å². The molecule has 0 aliphatic rings. The second kappa shape index (κ2) is 7.66. The molecule has 1 atom stereocenters. The first-order valence-corrected chi connectivity index (χ1v) is 6.01. The monoisotopic (exact) mass is 242 g/mol. The lowest BCUT2D eigenvalue weighted by Crippen LogP contribution is -2.04. The molecule has 0 saturated carbocycles. The number of methoxy groups -OCH3 is 1. The van der Waals surface area contributed by atoms with Gasteiger partial charge in [0.15, 0.2) is 0 Å². The average Bonchev–Trinajstić information content (AvgIpc) is 2.31. The molecule has 0 aliphatic carbocycles. The topological polar surface area (TPSA) is 29.5 Å². The van der Waals surface area contributed by atoms with Crippen LogP contribution in [0, 0.1) is 0 Å². The highest BCUT2D eigenvalue weighted by Gasteiger charge is 2.09. The molecule has 1 unspecified atom stereocenters. The first kappa shape index (κ1) is 13.5. The minimum atomic E-state index is 0.189. The fourth-order valence-electron chi connectivity index (χ4n) is 1.74. The van der Waals surface area contributed by atoms with Crippen LogP contribution in [0.1, 0.15) is 30.7 Å². The first-order valence-electron chi connectivity index (χ1n) is 5.63. The van der Waals surface area contributed by atoms with Gasteiger partial charge in [0.1, 0.15) is 0 Å². The number of aliphatic hydroxyl groups excluding tert-OH is 1. The first-order chi connectivity index (χ1) is 7.77. The molecular formula is C13H19ClO2. The smallest absolute Gasteiger partial charge is 0.0499 e. The molecule has 0 aromatic heterocycles. The Hall–Kier alpha value is -0.570. The second-order valence-electron chi connectivity index (χ2n) is 3.92. The Kier molecular flexibility index (Phi) is 6.46. The molecule has 0 bridgehead atoms. The standard InChI is InChI=1S/C13H19ClO2/c1-16-9-3-2-4-12(10-15)11-5-7-13(14)8-6-11/h5-8,12,15H,2-4,9-10H2,1H3. The van der Waals surface area contributed by atoms with Crippen molar-refractivity contribution in [3.63, 3.8) is 0 Å². The molecule has 1 aromatic rings. The lowest BCUT2D eigenvalue weighted by Gasteiger charge is -2.14. The molecule has 0 amide bonds. The fourth-order valence-corrected chi connectivity index (χ4v) is 1.86. The molecule has 16 heavy (non-hydrogen) atoms. The summed E-state index contributed by atoms with van der Waals surface area (Å²) >= 11 is 5.83. The van der Waals surface area contributed by atoms with Gasteiger partial charge in [0, 0.05) is 31.3 Å². The van der Waals surface area contributed by atoms with E-state index in [1.807, 2.05) is 24.3 Å². The molecule has 3 heteroatoms. The fraction of sp³-hybridized carbons (Fsp3) is 0.538. The van der Waals surface area contributed by atoms with Gasteiger partial charge in [-0.05, 0) is 30.5 Å². The average molecular weight is 243 g/mol. The van der Waals surface area contributed by atoms with E-state index in [1.54, 1.807) is 7.11 Å². The van der Waals surface area contributed by atoms with Crippen LogP contribution in [0.2, 0.25) is 5.02 Å². The van der Waals surface area contributed by atoms with Crippen molar-refractivity contribution in [3.05, 3.63) is 34.9 Å². The lowest BCUT2D eigenvalue weighted by molar-refractivity contribution is 0.188. The van der Waals surface area contributed by atoms with Crippen molar-refractivity contribution < 1.29 is 9.84 Å². The van der Waals surface area contributed by atoms with Gasteiger partial charge in [-0.2, -0.15) is 0 Å². The molecule has 1 aromatic carbocycles. The summed E-state index contributed by atoms with van der Waals surface area (Å²) < 4.78 is 5.00. The third-order valence-electron chi connectivity index (χ3n) is 2.71. The summed E-state index contributed by atoms with van der Waals surface area (Å²) in [7, 11) is 1.71. The number of aliphatic hydroxyl groups is 1. The van der Waals surface area contributed by atoms with Crippen LogP contribution in [-0.2, 0) is 4.74 Å². The maximum atomic E-state index is 9.34. The molecule has 90 valence electrons. The minimum Gasteiger partial charge on any atom is -0.396 e. The van der Waals surface area contributed by atoms with Crippen molar-refractivity contribution in [2.75, 3.05) is 20.3 Å². The quantitative estimate of drug-likeness (QED) is 0.744. The molecule has 0 saturated heterocycles. The normalized spacial score (nSPS) is 12.7. The zero-order valence-electron chi connectivity index (χ0n) is 9.66. The Bertz CT molecular complexity index is 284. The maximum absolute atomic E-state index is 9.34. The van der Waals surface area contributed by atoms with Gasteiger partial charge in [0.2, 0.25) is 0 Å². The Labute approximate surface area is 102 Å². The van der Waals surface area contributed by atoms with E-state index >= 15 is 0 Å². The summed E-state index contributed by atoms with van der Waals surface area (Å²) in [6.45, 7) is 0.980. The number of hydrogen-bond acceptors (Lipinski definition) is 2. The predicted molar refractivity (Wildman–Crippen MR) is 67.0 cm³/mol. The van der Waals surface area contributed by atoms with Gasteiger partial charge in [0.25, 0.3) is 0 Å². The highest BCUT2D eigenvalue weighted by molar-refractivity contribution is 6.30. The molecule has 0 heterocycles. The molecule has 1 N–H and O–H groups in total. The Morgan fingerprint density at radius 2 is 1.94 bits per heavy atom. The Balaban J connectivity index is 2.44. The van der Waals surface area contributed by atoms with E-state index in [1.165, 1.54) is 0 Å². The van der Waals surface area contributed by atoms with Crippen molar-refractivity contribution >= 4 is 11.6 Å². The number of halogens is 1. The summed E-state index contributed by atoms with van der Waals surface area (Å²) in [4.78, 5) is 0. The molecule has 0 radical (unpaired) electrons. The van der Waals surface area contributed by atoms with Crippen LogP contribution < -0.4 is 0 Å². The molecule has 0 fully saturated rings. The summed E-state index contributed by atoms with van der Waals surface area (Å²) in [6, 6.07) is 7.71. The van der Waals surface area contributed by atoms with Gasteiger partial charge in [-0.3, -0.25) is 0 Å². The number of ether oxygens (including phenoxy) is 1. The number of benzene rings is 1. The summed E-state index contributed by atoms with van der Waals surface area (Å²) in [5.74, 6) is 0.217. The third kappa shape index (κ3) is 4.52. The van der Waals surface area contributed by atoms with E-state index in [4.69, 9.17) is 16.3 Å². The van der Waals surface area contributed by atoms with Gasteiger partial charge in [-0.1, -0.05) is 30.2 Å². The van der Waals surface area contributed by atoms with Gasteiger partial charge < -0.3 is 9.84 Å². The SMILES string of the molecule is COCCCCC(CO)c1ccc(Cl)cc1. The second-order valence-corrected chi connectivity index (χ2v) is 4.36. The zero-order valence-corrected chi connectivity index (χ0v) is 10.4. The Morgan fingerprint density at radius 3 is 2.50 bits per heavy atom. The zero-order chi connectivity index (χ0) is 11.8. The largest absolute Gasteiger partial charge is 0.396 e. The van der Waals surface area contributed by atoms with E-state index in [0.29, 0.717) is 0 Å². The molecule has 1 rings (SSSR count). The van der Waals surface area contributed by atoms with Crippen LogP contribution in [0.4, 0.5) is 0 Å². The van der Waals surface area contributed by atoms with Crippen molar-refractivity contribution in [2.24, 2.45) is 0 Å². The van der Waals surface area contributed by atoms with Gasteiger partial charge in [-0.15, -0.1) is 0 Å². The molecule has 2 nitrogen and oxygen atoms in total. The molecule has 0 aliphatic heterocycles. The van der Waals surface area contributed by atoms with Crippen LogP contribution in [0.15, 0.2) is 24.3 Å². The van der Waals surface area contributed by atoms with E-state index in [9.17, 15) is 5.11 Å². The van der Waals surface area contributed by atoms with E-state index in [2.05, 4.69) is 0 Å². The number of rotatable bonds is 7. The molecular weight excluding hydrogens is 224 g/mol. The van der Waals surface area contributed by atoms with Crippen molar-refractivity contribution in [3.8, 4) is 0 Å². The van der Waals surface area contributed by atoms with Gasteiger partial charge in [0.05, 0.1) is 0 Å². The summed E-state index contributed by atoms with van der Waals surface area (Å²) in [6.07, 6.45) is 3.10. The van der Waals surface area contributed by atoms with Crippen LogP contribution in [0.3, 0.4) is 0 Å². The van der Waals surface area contributed by atoms with Crippen LogP contribution in [0.5, 0.6) is 0 Å². The summed E-state index contributed by atoms with van der Waals surface area (Å²) in [5, 5.41) is 10.1. The highest BCUT2D eigenvalue weighted by Crippen LogP contribution is 2.23. The summed E-state index contributed by atoms with van der Waals surface area (Å²) in [5.41, 5.74) is 1.16. The van der Waals surface area contributed by atoms with Crippen molar-refractivity contribution in [1.82, 2.24) is 0 Å². The lowest BCUT2D eigenvalue weighted by atomic mass is 9.94. The van der Waals surface area contributed by atoms with Crippen LogP contribution in [0.25, 0.3) is 0 Å². The predicted octanol–water partition coefficient (Wildman–Crippen LogP) is 3.23. The number of unbranched alkanes of at least 4 members (excludes halogenated alkanes) is 1. The number of hydrogen-bond donors (Lipinski definition) is 1. The Morgan fingerprint density at radius 1 is 1.25 bits per heavy atom. The maximum Gasteiger partial charge on any atom is 0.0499 e. The van der Waals surface area contributed by atoms with Gasteiger partial charge >= 0.3 is 0 Å². The van der Waals surface area contributed by atoms with E-state index in [-0.39, 0.29) is 12.5 Å². The van der Waals surface area contributed by atoms with Crippen LogP contribution >= 0.6 is 11.6 Å². The van der Waals surface area contributed by atoms with Crippen LogP contribution in [-0.4, -0.2) is 25.4 Å². The highest BCUT2D eigenvalue weighted by atomic mass is 35.5. The minimum absolute atomic E-state index is 0.189. The van der Waals surface area contributed by atoms with Crippen molar-refractivity contribution in [1.29, 1.82) is 0 Å². The van der Waals surface area contributed by atoms with Gasteiger partial charge in [-0.25, -0.2) is 0 Å². The van der Waals surface area contributed by atoms with E-state index in [0.717, 1.165) is 36.5 Å². The third-order valence-corrected chi connectivity index (χ3v) is 2.96. The molecule has 0 spiro atoms.